The lowest BCUT2D eigenvalue weighted by atomic mass is 10.1. The summed E-state index contributed by atoms with van der Waals surface area (Å²) in [6, 6.07) is 12.2. The topological polar surface area (TPSA) is 66.5 Å². The van der Waals surface area contributed by atoms with Crippen molar-refractivity contribution in [3.05, 3.63) is 59.9 Å². The van der Waals surface area contributed by atoms with Gasteiger partial charge in [-0.1, -0.05) is 30.7 Å². The van der Waals surface area contributed by atoms with E-state index in [9.17, 15) is 17.6 Å². The van der Waals surface area contributed by atoms with Crippen molar-refractivity contribution >= 4 is 21.6 Å². The predicted octanol–water partition coefficient (Wildman–Crippen LogP) is 3.18. The molecule has 26 heavy (non-hydrogen) atoms. The average Bonchev–Trinajstić information content (AvgIpc) is 2.63. The number of amides is 1. The van der Waals surface area contributed by atoms with Crippen LogP contribution in [0.4, 0.5) is 10.1 Å². The standard InChI is InChI=1S/C19H21FN2O3S/c20-16-8-6-7-15(13-16)14-19(23)21-17-9-2-3-10-18(17)26(24,25)22-11-4-1-5-12-22/h2-3,6-10,13H,1,4-5,11-12,14H2,(H,21,23). The van der Waals surface area contributed by atoms with Gasteiger partial charge >= 0.3 is 0 Å². The number of nitrogens with one attached hydrogen (secondary N) is 1. The molecule has 1 aliphatic heterocycles. The number of para-hydroxylation sites is 1. The Kier molecular flexibility index (Phi) is 5.68. The van der Waals surface area contributed by atoms with Crippen molar-refractivity contribution < 1.29 is 17.6 Å². The molecule has 0 radical (unpaired) electrons. The third kappa shape index (κ3) is 4.28. The Morgan fingerprint density at radius 2 is 1.77 bits per heavy atom. The lowest BCUT2D eigenvalue weighted by molar-refractivity contribution is -0.115. The van der Waals surface area contributed by atoms with Gasteiger partial charge in [0.2, 0.25) is 15.9 Å². The maximum absolute atomic E-state index is 13.3. The zero-order valence-corrected chi connectivity index (χ0v) is 15.1. The number of anilines is 1. The molecule has 5 nitrogen and oxygen atoms in total. The predicted molar refractivity (Wildman–Crippen MR) is 97.8 cm³/mol. The molecule has 0 unspecified atom stereocenters. The highest BCUT2D eigenvalue weighted by atomic mass is 32.2. The van der Waals surface area contributed by atoms with Crippen molar-refractivity contribution in [3.8, 4) is 0 Å². The van der Waals surface area contributed by atoms with Crippen LogP contribution in [0.25, 0.3) is 0 Å². The maximum atomic E-state index is 13.3. The van der Waals surface area contributed by atoms with E-state index in [1.165, 1.54) is 28.6 Å². The first-order chi connectivity index (χ1) is 12.5. The minimum atomic E-state index is -3.66. The molecular weight excluding hydrogens is 355 g/mol. The van der Waals surface area contributed by atoms with Crippen molar-refractivity contribution in [1.29, 1.82) is 0 Å². The second kappa shape index (κ2) is 7.97. The van der Waals surface area contributed by atoms with Crippen LogP contribution in [0.1, 0.15) is 24.8 Å². The van der Waals surface area contributed by atoms with Crippen molar-refractivity contribution in [2.75, 3.05) is 18.4 Å². The quantitative estimate of drug-likeness (QED) is 0.872. The number of nitrogens with zero attached hydrogens (tertiary/aromatic N) is 1. The van der Waals surface area contributed by atoms with E-state index in [4.69, 9.17) is 0 Å². The summed E-state index contributed by atoms with van der Waals surface area (Å²) in [4.78, 5) is 12.4. The van der Waals surface area contributed by atoms with E-state index in [2.05, 4.69) is 5.32 Å². The maximum Gasteiger partial charge on any atom is 0.245 e. The van der Waals surface area contributed by atoms with Gasteiger partial charge in [-0.25, -0.2) is 12.8 Å². The number of hydrogen-bond donors (Lipinski definition) is 1. The molecule has 0 aromatic heterocycles. The van der Waals surface area contributed by atoms with Crippen LogP contribution < -0.4 is 5.32 Å². The summed E-state index contributed by atoms with van der Waals surface area (Å²) < 4.78 is 40.6. The Bertz CT molecular complexity index is 893. The van der Waals surface area contributed by atoms with Crippen LogP contribution in [0.15, 0.2) is 53.4 Å². The van der Waals surface area contributed by atoms with Crippen LogP contribution in [0, 0.1) is 5.82 Å². The minimum absolute atomic E-state index is 0.0319. The van der Waals surface area contributed by atoms with Crippen molar-refractivity contribution in [3.63, 3.8) is 0 Å². The van der Waals surface area contributed by atoms with E-state index in [-0.39, 0.29) is 17.0 Å². The normalized spacial score (nSPS) is 15.6. The van der Waals surface area contributed by atoms with Crippen LogP contribution in [0.5, 0.6) is 0 Å². The van der Waals surface area contributed by atoms with Gasteiger partial charge < -0.3 is 5.32 Å². The van der Waals surface area contributed by atoms with Gasteiger partial charge in [0.1, 0.15) is 10.7 Å². The van der Waals surface area contributed by atoms with Crippen LogP contribution in [-0.4, -0.2) is 31.7 Å². The van der Waals surface area contributed by atoms with Crippen LogP contribution in [0.3, 0.4) is 0 Å². The summed E-state index contributed by atoms with van der Waals surface area (Å²) in [7, 11) is -3.66. The smallest absolute Gasteiger partial charge is 0.245 e. The number of carbonyl (C=O) groups is 1. The number of piperidine rings is 1. The van der Waals surface area contributed by atoms with E-state index in [0.29, 0.717) is 18.7 Å². The van der Waals surface area contributed by atoms with Gasteiger partial charge in [-0.15, -0.1) is 0 Å². The summed E-state index contributed by atoms with van der Waals surface area (Å²) in [5.41, 5.74) is 0.776. The number of sulfonamides is 1. The summed E-state index contributed by atoms with van der Waals surface area (Å²) in [5.74, 6) is -0.805. The largest absolute Gasteiger partial charge is 0.325 e. The second-order valence-corrected chi connectivity index (χ2v) is 8.22. The van der Waals surface area contributed by atoms with Gasteiger partial charge in [0, 0.05) is 13.1 Å². The molecule has 7 heteroatoms. The monoisotopic (exact) mass is 376 g/mol. The Labute approximate surface area is 152 Å². The highest BCUT2D eigenvalue weighted by molar-refractivity contribution is 7.89. The van der Waals surface area contributed by atoms with E-state index >= 15 is 0 Å². The molecule has 1 amide bonds. The van der Waals surface area contributed by atoms with E-state index in [1.54, 1.807) is 24.3 Å². The Morgan fingerprint density at radius 1 is 1.04 bits per heavy atom. The first-order valence-corrected chi connectivity index (χ1v) is 10.0. The number of halogens is 1. The zero-order valence-electron chi connectivity index (χ0n) is 14.3. The van der Waals surface area contributed by atoms with Gasteiger partial charge in [0.25, 0.3) is 0 Å². The summed E-state index contributed by atoms with van der Waals surface area (Å²) in [5, 5.41) is 2.66. The molecule has 0 atom stereocenters. The average molecular weight is 376 g/mol. The zero-order chi connectivity index (χ0) is 18.6. The third-order valence-electron chi connectivity index (χ3n) is 4.35. The molecular formula is C19H21FN2O3S. The fourth-order valence-corrected chi connectivity index (χ4v) is 4.73. The molecule has 0 spiro atoms. The Hall–Kier alpha value is -2.25. The van der Waals surface area contributed by atoms with Crippen molar-refractivity contribution in [1.82, 2.24) is 4.31 Å². The fraction of sp³-hybridized carbons (Fsp3) is 0.316. The number of hydrogen-bond acceptors (Lipinski definition) is 3. The molecule has 2 aromatic carbocycles. The lowest BCUT2D eigenvalue weighted by Gasteiger charge is -2.26. The first-order valence-electron chi connectivity index (χ1n) is 8.60. The summed E-state index contributed by atoms with van der Waals surface area (Å²) in [6.07, 6.45) is 2.68. The van der Waals surface area contributed by atoms with E-state index < -0.39 is 21.7 Å². The third-order valence-corrected chi connectivity index (χ3v) is 6.30. The molecule has 0 aliphatic carbocycles. The van der Waals surface area contributed by atoms with Crippen LogP contribution in [-0.2, 0) is 21.2 Å². The molecule has 1 N–H and O–H groups in total. The number of carbonyl (C=O) groups excluding carboxylic acids is 1. The van der Waals surface area contributed by atoms with Crippen LogP contribution >= 0.6 is 0 Å². The van der Waals surface area contributed by atoms with Gasteiger partial charge in [-0.3, -0.25) is 4.79 Å². The fourth-order valence-electron chi connectivity index (χ4n) is 3.07. The van der Waals surface area contributed by atoms with E-state index in [1.807, 2.05) is 0 Å². The molecule has 1 saturated heterocycles. The Balaban J connectivity index is 1.79. The molecule has 1 aliphatic rings. The van der Waals surface area contributed by atoms with Crippen molar-refractivity contribution in [2.45, 2.75) is 30.6 Å². The molecule has 3 rings (SSSR count). The highest BCUT2D eigenvalue weighted by Gasteiger charge is 2.28. The van der Waals surface area contributed by atoms with Gasteiger partial charge in [-0.2, -0.15) is 4.31 Å². The molecule has 1 heterocycles. The SMILES string of the molecule is O=C(Cc1cccc(F)c1)Nc1ccccc1S(=O)(=O)N1CCCCC1. The molecule has 1 fully saturated rings. The van der Waals surface area contributed by atoms with Gasteiger partial charge in [-0.05, 0) is 42.7 Å². The van der Waals surface area contributed by atoms with Crippen molar-refractivity contribution in [2.24, 2.45) is 0 Å². The van der Waals surface area contributed by atoms with Crippen LogP contribution in [0.2, 0.25) is 0 Å². The highest BCUT2D eigenvalue weighted by Crippen LogP contribution is 2.27. The summed E-state index contributed by atoms with van der Waals surface area (Å²) >= 11 is 0. The first kappa shape index (κ1) is 18.5. The van der Waals surface area contributed by atoms with Gasteiger partial charge in [0.05, 0.1) is 12.1 Å². The molecule has 0 saturated carbocycles. The molecule has 0 bridgehead atoms. The second-order valence-electron chi connectivity index (χ2n) is 6.32. The number of rotatable bonds is 5. The number of benzene rings is 2. The molecule has 138 valence electrons. The van der Waals surface area contributed by atoms with E-state index in [0.717, 1.165) is 19.3 Å². The van der Waals surface area contributed by atoms with Gasteiger partial charge in [0.15, 0.2) is 0 Å². The lowest BCUT2D eigenvalue weighted by Crippen LogP contribution is -2.36. The summed E-state index contributed by atoms with van der Waals surface area (Å²) in [6.45, 7) is 0.988. The minimum Gasteiger partial charge on any atom is -0.325 e. The Morgan fingerprint density at radius 3 is 2.50 bits per heavy atom. The molecule has 2 aromatic rings.